The van der Waals surface area contributed by atoms with E-state index in [1.165, 1.54) is 11.3 Å². The smallest absolute Gasteiger partial charge is 0.326 e. The maximum Gasteiger partial charge on any atom is 0.326 e. The molecule has 4 aromatic rings. The number of fused-ring (bicyclic) bond motifs is 1. The van der Waals surface area contributed by atoms with Gasteiger partial charge < -0.3 is 15.0 Å². The van der Waals surface area contributed by atoms with Crippen molar-refractivity contribution in [2.45, 2.75) is 12.5 Å². The van der Waals surface area contributed by atoms with Gasteiger partial charge in [0.2, 0.25) is 0 Å². The molecule has 0 saturated heterocycles. The quantitative estimate of drug-likeness (QED) is 0.527. The number of benzene rings is 2. The number of rotatable bonds is 6. The highest BCUT2D eigenvalue weighted by atomic mass is 32.1. The average molecular weight is 391 g/mol. The summed E-state index contributed by atoms with van der Waals surface area (Å²) in [6, 6.07) is 17.3. The molecule has 0 spiro atoms. The first-order valence-corrected chi connectivity index (χ1v) is 9.53. The van der Waals surface area contributed by atoms with E-state index < -0.39 is 17.9 Å². The fraction of sp³-hybridized carbons (Fsp3) is 0.0952. The molecular formula is C21H17N3O3S. The lowest BCUT2D eigenvalue weighted by atomic mass is 10.1. The second-order valence-corrected chi connectivity index (χ2v) is 7.33. The van der Waals surface area contributed by atoms with Crippen molar-refractivity contribution >= 4 is 33.4 Å². The number of carboxylic acids is 1. The second-order valence-electron chi connectivity index (χ2n) is 6.32. The number of carbonyl (C=O) groups is 2. The number of aromatic nitrogens is 2. The minimum atomic E-state index is -1.06. The zero-order valence-electron chi connectivity index (χ0n) is 14.8. The third-order valence-corrected chi connectivity index (χ3v) is 5.38. The first-order chi connectivity index (χ1) is 13.6. The number of hydrogen-bond acceptors (Lipinski definition) is 4. The first kappa shape index (κ1) is 17.9. The van der Waals surface area contributed by atoms with E-state index in [0.29, 0.717) is 5.56 Å². The Morgan fingerprint density at radius 3 is 2.54 bits per heavy atom. The molecule has 0 aliphatic carbocycles. The van der Waals surface area contributed by atoms with Gasteiger partial charge in [0, 0.05) is 24.4 Å². The molecule has 2 heterocycles. The monoisotopic (exact) mass is 391 g/mol. The fourth-order valence-electron chi connectivity index (χ4n) is 2.92. The zero-order chi connectivity index (χ0) is 19.5. The molecule has 4 rings (SSSR count). The Labute approximate surface area is 165 Å². The van der Waals surface area contributed by atoms with E-state index in [9.17, 15) is 14.7 Å². The molecule has 0 saturated carbocycles. The molecule has 2 aromatic carbocycles. The summed E-state index contributed by atoms with van der Waals surface area (Å²) in [5.74, 6) is -1.48. The predicted octanol–water partition coefficient (Wildman–Crippen LogP) is 3.51. The van der Waals surface area contributed by atoms with Crippen LogP contribution in [0, 0.1) is 0 Å². The van der Waals surface area contributed by atoms with Crippen molar-refractivity contribution in [1.29, 1.82) is 0 Å². The fourth-order valence-corrected chi connectivity index (χ4v) is 3.89. The van der Waals surface area contributed by atoms with Crippen LogP contribution in [0.25, 0.3) is 15.3 Å². The van der Waals surface area contributed by atoms with E-state index in [2.05, 4.69) is 10.3 Å². The molecule has 1 amide bonds. The van der Waals surface area contributed by atoms with E-state index in [-0.39, 0.29) is 6.42 Å². The summed E-state index contributed by atoms with van der Waals surface area (Å²) in [5.41, 5.74) is 2.06. The number of carboxylic acid groups (broad SMARTS) is 1. The molecule has 0 bridgehead atoms. The van der Waals surface area contributed by atoms with Gasteiger partial charge in [-0.3, -0.25) is 4.79 Å². The molecule has 0 unspecified atom stereocenters. The third-order valence-electron chi connectivity index (χ3n) is 4.35. The highest BCUT2D eigenvalue weighted by molar-refractivity contribution is 7.20. The van der Waals surface area contributed by atoms with Gasteiger partial charge in [-0.1, -0.05) is 41.7 Å². The van der Waals surface area contributed by atoms with Gasteiger partial charge >= 0.3 is 5.97 Å². The summed E-state index contributed by atoms with van der Waals surface area (Å²) in [5, 5.41) is 12.9. The number of hydrogen-bond donors (Lipinski definition) is 2. The first-order valence-electron chi connectivity index (χ1n) is 8.72. The van der Waals surface area contributed by atoms with Gasteiger partial charge in [-0.25, -0.2) is 9.78 Å². The van der Waals surface area contributed by atoms with Crippen molar-refractivity contribution in [3.8, 4) is 5.13 Å². The van der Waals surface area contributed by atoms with Crippen LogP contribution in [-0.2, 0) is 11.2 Å². The van der Waals surface area contributed by atoms with Gasteiger partial charge in [-0.15, -0.1) is 0 Å². The minimum Gasteiger partial charge on any atom is -0.480 e. The number of nitrogens with zero attached hydrogens (tertiary/aromatic N) is 2. The van der Waals surface area contributed by atoms with Crippen LogP contribution in [0.4, 0.5) is 0 Å². The van der Waals surface area contributed by atoms with Crippen LogP contribution in [-0.4, -0.2) is 32.6 Å². The lowest BCUT2D eigenvalue weighted by Crippen LogP contribution is -2.42. The molecule has 0 aliphatic rings. The normalized spacial score (nSPS) is 12.0. The molecule has 2 N–H and O–H groups in total. The molecule has 0 fully saturated rings. The Hall–Kier alpha value is -3.45. The van der Waals surface area contributed by atoms with Crippen molar-refractivity contribution in [1.82, 2.24) is 14.9 Å². The lowest BCUT2D eigenvalue weighted by Gasteiger charge is -2.14. The lowest BCUT2D eigenvalue weighted by molar-refractivity contribution is -0.139. The number of amides is 1. The average Bonchev–Trinajstić information content (AvgIpc) is 3.37. The second kappa shape index (κ2) is 7.66. The van der Waals surface area contributed by atoms with Gasteiger partial charge in [0.05, 0.1) is 10.2 Å². The van der Waals surface area contributed by atoms with Crippen LogP contribution in [0.1, 0.15) is 15.9 Å². The molecule has 140 valence electrons. The summed E-state index contributed by atoms with van der Waals surface area (Å²) >= 11 is 1.47. The Kier molecular flexibility index (Phi) is 4.90. The summed E-state index contributed by atoms with van der Waals surface area (Å²) < 4.78 is 2.77. The van der Waals surface area contributed by atoms with Gasteiger partial charge in [0.25, 0.3) is 5.91 Å². The van der Waals surface area contributed by atoms with E-state index in [1.807, 2.05) is 59.4 Å². The van der Waals surface area contributed by atoms with Gasteiger partial charge in [-0.2, -0.15) is 0 Å². The van der Waals surface area contributed by atoms with E-state index in [4.69, 9.17) is 0 Å². The molecular weight excluding hydrogens is 374 g/mol. The SMILES string of the molecule is O=C(N[C@@H](Cc1ccccc1)C(=O)O)c1ccc2nc(-n3cccc3)sc2c1. The van der Waals surface area contributed by atoms with E-state index >= 15 is 0 Å². The molecule has 6 nitrogen and oxygen atoms in total. The molecule has 28 heavy (non-hydrogen) atoms. The van der Waals surface area contributed by atoms with Crippen LogP contribution in [0.2, 0.25) is 0 Å². The molecule has 7 heteroatoms. The van der Waals surface area contributed by atoms with Crippen LogP contribution < -0.4 is 5.32 Å². The van der Waals surface area contributed by atoms with Gasteiger partial charge in [-0.05, 0) is 35.9 Å². The summed E-state index contributed by atoms with van der Waals surface area (Å²) in [6.07, 6.45) is 4.04. The van der Waals surface area contributed by atoms with Crippen molar-refractivity contribution in [2.75, 3.05) is 0 Å². The number of aliphatic carboxylic acids is 1. The predicted molar refractivity (Wildman–Crippen MR) is 108 cm³/mol. The van der Waals surface area contributed by atoms with Crippen LogP contribution in [0.3, 0.4) is 0 Å². The summed E-state index contributed by atoms with van der Waals surface area (Å²) in [7, 11) is 0. The summed E-state index contributed by atoms with van der Waals surface area (Å²) in [4.78, 5) is 28.8. The van der Waals surface area contributed by atoms with Gasteiger partial charge in [0.15, 0.2) is 5.13 Å². The van der Waals surface area contributed by atoms with Crippen molar-refractivity contribution in [2.24, 2.45) is 0 Å². The van der Waals surface area contributed by atoms with Crippen molar-refractivity contribution in [3.63, 3.8) is 0 Å². The molecule has 2 aromatic heterocycles. The van der Waals surface area contributed by atoms with Gasteiger partial charge in [0.1, 0.15) is 6.04 Å². The standard InChI is InChI=1S/C21H17N3O3S/c25-19(22-17(20(26)27)12-14-6-2-1-3-7-14)15-8-9-16-18(13-15)28-21(23-16)24-10-4-5-11-24/h1-11,13,17H,12H2,(H,22,25)(H,26,27)/t17-/m0/s1. The molecule has 0 aliphatic heterocycles. The van der Waals surface area contributed by atoms with Crippen LogP contribution >= 0.6 is 11.3 Å². The molecule has 1 atom stereocenters. The Morgan fingerprint density at radius 2 is 1.82 bits per heavy atom. The highest BCUT2D eigenvalue weighted by Crippen LogP contribution is 2.26. The Morgan fingerprint density at radius 1 is 1.07 bits per heavy atom. The number of carbonyl (C=O) groups excluding carboxylic acids is 1. The maximum atomic E-state index is 12.6. The zero-order valence-corrected chi connectivity index (χ0v) is 15.6. The Balaban J connectivity index is 1.54. The van der Waals surface area contributed by atoms with Crippen LogP contribution in [0.5, 0.6) is 0 Å². The maximum absolute atomic E-state index is 12.6. The minimum absolute atomic E-state index is 0.225. The highest BCUT2D eigenvalue weighted by Gasteiger charge is 2.21. The van der Waals surface area contributed by atoms with Crippen molar-refractivity contribution in [3.05, 3.63) is 84.2 Å². The number of nitrogens with one attached hydrogen (secondary N) is 1. The number of thiazole rings is 1. The van der Waals surface area contributed by atoms with E-state index in [1.54, 1.807) is 18.2 Å². The van der Waals surface area contributed by atoms with Crippen molar-refractivity contribution < 1.29 is 14.7 Å². The summed E-state index contributed by atoms with van der Waals surface area (Å²) in [6.45, 7) is 0. The third kappa shape index (κ3) is 3.79. The van der Waals surface area contributed by atoms with Crippen LogP contribution in [0.15, 0.2) is 73.1 Å². The largest absolute Gasteiger partial charge is 0.480 e. The topological polar surface area (TPSA) is 84.2 Å². The molecule has 0 radical (unpaired) electrons. The Bertz CT molecular complexity index is 1120. The van der Waals surface area contributed by atoms with E-state index in [0.717, 1.165) is 20.9 Å².